The molecule has 0 aliphatic heterocycles. The maximum Gasteiger partial charge on any atom is 0.261 e. The number of aromatic nitrogens is 3. The summed E-state index contributed by atoms with van der Waals surface area (Å²) in [5.41, 5.74) is 5.90. The smallest absolute Gasteiger partial charge is 0.261 e. The van der Waals surface area contributed by atoms with Crippen molar-refractivity contribution in [2.45, 2.75) is 45.2 Å². The standard InChI is InChI=1S/C11H20F2N4O/c1-2-4-17-11(15-8-16-17)6-9(14)3-5-18-7-10(12)13/h8-10H,2-7,14H2,1H3. The molecule has 1 unspecified atom stereocenters. The predicted octanol–water partition coefficient (Wildman–Crippen LogP) is 1.23. The van der Waals surface area contributed by atoms with Crippen LogP contribution in [-0.2, 0) is 17.7 Å². The van der Waals surface area contributed by atoms with Crippen molar-refractivity contribution in [3.8, 4) is 0 Å². The minimum absolute atomic E-state index is 0.150. The maximum atomic E-state index is 11.8. The summed E-state index contributed by atoms with van der Waals surface area (Å²) >= 11 is 0. The molecule has 7 heteroatoms. The molecule has 1 heterocycles. The summed E-state index contributed by atoms with van der Waals surface area (Å²) in [5, 5.41) is 4.10. The molecule has 0 amide bonds. The van der Waals surface area contributed by atoms with Crippen LogP contribution in [0.2, 0.25) is 0 Å². The Labute approximate surface area is 105 Å². The largest absolute Gasteiger partial charge is 0.375 e. The highest BCUT2D eigenvalue weighted by Gasteiger charge is 2.10. The van der Waals surface area contributed by atoms with Crippen LogP contribution in [0.25, 0.3) is 0 Å². The van der Waals surface area contributed by atoms with Crippen LogP contribution >= 0.6 is 0 Å². The molecule has 104 valence electrons. The van der Waals surface area contributed by atoms with Gasteiger partial charge < -0.3 is 10.5 Å². The molecule has 2 N–H and O–H groups in total. The molecular weight excluding hydrogens is 242 g/mol. The highest BCUT2D eigenvalue weighted by molar-refractivity contribution is 4.88. The maximum absolute atomic E-state index is 11.8. The highest BCUT2D eigenvalue weighted by Crippen LogP contribution is 2.03. The van der Waals surface area contributed by atoms with Gasteiger partial charge in [-0.25, -0.2) is 13.8 Å². The summed E-state index contributed by atoms with van der Waals surface area (Å²) in [7, 11) is 0. The van der Waals surface area contributed by atoms with E-state index in [0.717, 1.165) is 18.8 Å². The lowest BCUT2D eigenvalue weighted by Crippen LogP contribution is -2.27. The van der Waals surface area contributed by atoms with Crippen LogP contribution in [0.1, 0.15) is 25.6 Å². The quantitative estimate of drug-likeness (QED) is 0.680. The van der Waals surface area contributed by atoms with Crippen LogP contribution in [0.4, 0.5) is 8.78 Å². The number of rotatable bonds is 9. The normalized spacial score (nSPS) is 13.2. The second-order valence-corrected chi connectivity index (χ2v) is 4.12. The predicted molar refractivity (Wildman–Crippen MR) is 63.4 cm³/mol. The van der Waals surface area contributed by atoms with Crippen molar-refractivity contribution in [1.29, 1.82) is 0 Å². The van der Waals surface area contributed by atoms with Crippen molar-refractivity contribution in [3.05, 3.63) is 12.2 Å². The number of aryl methyl sites for hydroxylation is 1. The first kappa shape index (κ1) is 15.0. The van der Waals surface area contributed by atoms with Gasteiger partial charge in [0.1, 0.15) is 18.8 Å². The van der Waals surface area contributed by atoms with Gasteiger partial charge >= 0.3 is 0 Å². The Morgan fingerprint density at radius 2 is 2.28 bits per heavy atom. The Morgan fingerprint density at radius 3 is 2.94 bits per heavy atom. The summed E-state index contributed by atoms with van der Waals surface area (Å²) in [6, 6.07) is -0.150. The van der Waals surface area contributed by atoms with Gasteiger partial charge in [-0.05, 0) is 12.8 Å². The van der Waals surface area contributed by atoms with Crippen LogP contribution in [0.5, 0.6) is 0 Å². The molecule has 0 bridgehead atoms. The van der Waals surface area contributed by atoms with Crippen molar-refractivity contribution in [2.75, 3.05) is 13.2 Å². The van der Waals surface area contributed by atoms with E-state index in [9.17, 15) is 8.78 Å². The second-order valence-electron chi connectivity index (χ2n) is 4.12. The number of nitrogens with zero attached hydrogens (tertiary/aromatic N) is 3. The average molecular weight is 262 g/mol. The molecule has 0 spiro atoms. The van der Waals surface area contributed by atoms with E-state index >= 15 is 0 Å². The lowest BCUT2D eigenvalue weighted by atomic mass is 10.1. The van der Waals surface area contributed by atoms with E-state index < -0.39 is 13.0 Å². The van der Waals surface area contributed by atoms with Crippen molar-refractivity contribution >= 4 is 0 Å². The Balaban J connectivity index is 2.26. The van der Waals surface area contributed by atoms with Crippen LogP contribution in [0.3, 0.4) is 0 Å². The number of hydrogen-bond donors (Lipinski definition) is 1. The van der Waals surface area contributed by atoms with Gasteiger partial charge in [-0.15, -0.1) is 0 Å². The van der Waals surface area contributed by atoms with E-state index in [0.29, 0.717) is 12.8 Å². The summed E-state index contributed by atoms with van der Waals surface area (Å²) in [4.78, 5) is 4.14. The summed E-state index contributed by atoms with van der Waals surface area (Å²) in [5.74, 6) is 0.832. The molecule has 0 saturated heterocycles. The molecule has 18 heavy (non-hydrogen) atoms. The molecule has 0 radical (unpaired) electrons. The molecular formula is C11H20F2N4O. The fourth-order valence-corrected chi connectivity index (χ4v) is 1.59. The Bertz CT molecular complexity index is 333. The molecule has 1 rings (SSSR count). The number of hydrogen-bond acceptors (Lipinski definition) is 4. The third-order valence-corrected chi connectivity index (χ3v) is 2.45. The molecule has 1 aromatic rings. The number of nitrogens with two attached hydrogens (primary N) is 1. The van der Waals surface area contributed by atoms with E-state index in [-0.39, 0.29) is 12.6 Å². The van der Waals surface area contributed by atoms with Gasteiger partial charge in [-0.1, -0.05) is 6.92 Å². The summed E-state index contributed by atoms with van der Waals surface area (Å²) in [6.45, 7) is 2.58. The molecule has 0 saturated carbocycles. The van der Waals surface area contributed by atoms with Gasteiger partial charge in [0, 0.05) is 25.6 Å². The van der Waals surface area contributed by atoms with Gasteiger partial charge in [-0.3, -0.25) is 4.68 Å². The van der Waals surface area contributed by atoms with E-state index in [1.165, 1.54) is 6.33 Å². The molecule has 0 aliphatic rings. The van der Waals surface area contributed by atoms with Crippen LogP contribution < -0.4 is 5.73 Å². The monoisotopic (exact) mass is 262 g/mol. The Morgan fingerprint density at radius 1 is 1.50 bits per heavy atom. The second kappa shape index (κ2) is 8.10. The van der Waals surface area contributed by atoms with Gasteiger partial charge in [0.2, 0.25) is 0 Å². The number of alkyl halides is 2. The van der Waals surface area contributed by atoms with Crippen molar-refractivity contribution in [1.82, 2.24) is 14.8 Å². The lowest BCUT2D eigenvalue weighted by molar-refractivity contribution is 0.0152. The van der Waals surface area contributed by atoms with Crippen molar-refractivity contribution < 1.29 is 13.5 Å². The summed E-state index contributed by atoms with van der Waals surface area (Å²) < 4.78 is 30.3. The average Bonchev–Trinajstić information content (AvgIpc) is 2.72. The van der Waals surface area contributed by atoms with Crippen molar-refractivity contribution in [3.63, 3.8) is 0 Å². The van der Waals surface area contributed by atoms with E-state index in [2.05, 4.69) is 17.0 Å². The Hall–Kier alpha value is -1.08. The zero-order valence-electron chi connectivity index (χ0n) is 10.6. The first-order valence-corrected chi connectivity index (χ1v) is 6.11. The van der Waals surface area contributed by atoms with Crippen LogP contribution in [-0.4, -0.2) is 40.4 Å². The molecule has 0 aliphatic carbocycles. The van der Waals surface area contributed by atoms with Gasteiger partial charge in [0.25, 0.3) is 6.43 Å². The fraction of sp³-hybridized carbons (Fsp3) is 0.818. The van der Waals surface area contributed by atoms with Gasteiger partial charge in [0.05, 0.1) is 0 Å². The van der Waals surface area contributed by atoms with Crippen LogP contribution in [0, 0.1) is 0 Å². The number of ether oxygens (including phenoxy) is 1. The molecule has 0 aromatic carbocycles. The first-order valence-electron chi connectivity index (χ1n) is 6.11. The molecule has 1 aromatic heterocycles. The number of halogens is 2. The molecule has 5 nitrogen and oxygen atoms in total. The van der Waals surface area contributed by atoms with Gasteiger partial charge in [-0.2, -0.15) is 5.10 Å². The zero-order chi connectivity index (χ0) is 13.4. The molecule has 1 atom stereocenters. The third kappa shape index (κ3) is 5.50. The fourth-order valence-electron chi connectivity index (χ4n) is 1.59. The Kier molecular flexibility index (Phi) is 6.74. The topological polar surface area (TPSA) is 66.0 Å². The lowest BCUT2D eigenvalue weighted by Gasteiger charge is -2.12. The third-order valence-electron chi connectivity index (χ3n) is 2.45. The van der Waals surface area contributed by atoms with E-state index in [1.54, 1.807) is 0 Å². The van der Waals surface area contributed by atoms with Gasteiger partial charge in [0.15, 0.2) is 0 Å². The van der Waals surface area contributed by atoms with E-state index in [1.807, 2.05) is 4.68 Å². The SMILES string of the molecule is CCCn1ncnc1CC(N)CCOCC(F)F. The van der Waals surface area contributed by atoms with Crippen LogP contribution in [0.15, 0.2) is 6.33 Å². The first-order chi connectivity index (χ1) is 8.63. The molecule has 0 fully saturated rings. The zero-order valence-corrected chi connectivity index (χ0v) is 10.6. The highest BCUT2D eigenvalue weighted by atomic mass is 19.3. The summed E-state index contributed by atoms with van der Waals surface area (Å²) in [6.07, 6.45) is 1.17. The minimum Gasteiger partial charge on any atom is -0.375 e. The minimum atomic E-state index is -2.42. The van der Waals surface area contributed by atoms with Crippen molar-refractivity contribution in [2.24, 2.45) is 5.73 Å². The van der Waals surface area contributed by atoms with E-state index in [4.69, 9.17) is 10.5 Å².